The third-order valence-corrected chi connectivity index (χ3v) is 7.19. The highest BCUT2D eigenvalue weighted by Gasteiger charge is 2.18. The molecule has 0 aliphatic rings. The van der Waals surface area contributed by atoms with Crippen molar-refractivity contribution in [1.29, 1.82) is 0 Å². The fourth-order valence-corrected chi connectivity index (χ4v) is 4.53. The van der Waals surface area contributed by atoms with Gasteiger partial charge >= 0.3 is 11.9 Å². The number of unbranched alkanes of at least 4 members (excludes halogenated alkanes) is 13. The van der Waals surface area contributed by atoms with Gasteiger partial charge in [-0.15, -0.1) is 0 Å². The molecule has 9 heteroatoms. The van der Waals surface area contributed by atoms with Crippen molar-refractivity contribution < 1.29 is 34.1 Å². The molecular formula is C34H60N2O7. The zero-order valence-electron chi connectivity index (χ0n) is 27.0. The molecule has 0 aromatic heterocycles. The maximum atomic E-state index is 12.5. The molecule has 0 aliphatic carbocycles. The predicted molar refractivity (Wildman–Crippen MR) is 172 cm³/mol. The number of rotatable bonds is 29. The van der Waals surface area contributed by atoms with Gasteiger partial charge in [0, 0.05) is 12.8 Å². The predicted octanol–water partition coefficient (Wildman–Crippen LogP) is 6.53. The normalized spacial score (nSPS) is 12.8. The van der Waals surface area contributed by atoms with E-state index in [4.69, 9.17) is 14.9 Å². The van der Waals surface area contributed by atoms with Gasteiger partial charge < -0.3 is 25.6 Å². The number of carbonyl (C=O) groups excluding carboxylic acids is 3. The number of ether oxygens (including phenoxy) is 1. The molecule has 0 saturated carbocycles. The van der Waals surface area contributed by atoms with Crippen LogP contribution in [0.5, 0.6) is 0 Å². The van der Waals surface area contributed by atoms with Crippen LogP contribution in [0.1, 0.15) is 142 Å². The Kier molecular flexibility index (Phi) is 27.6. The average Bonchev–Trinajstić information content (AvgIpc) is 2.98. The number of amides is 2. The van der Waals surface area contributed by atoms with E-state index in [1.54, 1.807) is 0 Å². The summed E-state index contributed by atoms with van der Waals surface area (Å²) in [5.74, 6) is -2.43. The number of carboxylic acids is 1. The molecule has 0 saturated heterocycles. The van der Waals surface area contributed by atoms with E-state index >= 15 is 0 Å². The lowest BCUT2D eigenvalue weighted by Gasteiger charge is -2.15. The lowest BCUT2D eigenvalue weighted by molar-refractivity contribution is -0.147. The summed E-state index contributed by atoms with van der Waals surface area (Å²) in [7, 11) is 0. The Morgan fingerprint density at radius 1 is 0.721 bits per heavy atom. The minimum Gasteiger partial charge on any atom is -0.480 e. The largest absolute Gasteiger partial charge is 0.480 e. The molecule has 2 unspecified atom stereocenters. The molecule has 0 aliphatic heterocycles. The van der Waals surface area contributed by atoms with Crippen LogP contribution in [0, 0.1) is 0 Å². The van der Waals surface area contributed by atoms with Crippen LogP contribution >= 0.6 is 0 Å². The smallest absolute Gasteiger partial charge is 0.328 e. The number of allylic oxidation sites excluding steroid dienone is 3. The third kappa shape index (κ3) is 26.7. The minimum atomic E-state index is -1.39. The summed E-state index contributed by atoms with van der Waals surface area (Å²) >= 11 is 0. The summed E-state index contributed by atoms with van der Waals surface area (Å²) in [4.78, 5) is 47.1. The summed E-state index contributed by atoms with van der Waals surface area (Å²) in [6.45, 7) is 3.35. The van der Waals surface area contributed by atoms with Gasteiger partial charge in [0.2, 0.25) is 11.8 Å². The molecule has 0 aromatic rings. The van der Waals surface area contributed by atoms with Crippen LogP contribution in [0.25, 0.3) is 0 Å². The Morgan fingerprint density at radius 3 is 1.95 bits per heavy atom. The molecule has 0 rings (SSSR count). The van der Waals surface area contributed by atoms with Crippen LogP contribution in [0.3, 0.4) is 0 Å². The molecule has 0 bridgehead atoms. The van der Waals surface area contributed by atoms with E-state index in [9.17, 15) is 19.2 Å². The highest BCUT2D eigenvalue weighted by molar-refractivity contribution is 5.87. The zero-order valence-corrected chi connectivity index (χ0v) is 27.0. The average molecular weight is 609 g/mol. The van der Waals surface area contributed by atoms with Crippen LogP contribution in [0.2, 0.25) is 0 Å². The monoisotopic (exact) mass is 608 g/mol. The van der Waals surface area contributed by atoms with Crippen LogP contribution in [0.4, 0.5) is 0 Å². The van der Waals surface area contributed by atoms with E-state index < -0.39 is 24.5 Å². The van der Waals surface area contributed by atoms with Crippen molar-refractivity contribution >= 4 is 23.8 Å². The number of aliphatic carboxylic acids is 1. The molecule has 2 atom stereocenters. The summed E-state index contributed by atoms with van der Waals surface area (Å²) in [5.41, 5.74) is 0. The first-order valence-corrected chi connectivity index (χ1v) is 16.7. The Morgan fingerprint density at radius 2 is 1.33 bits per heavy atom. The van der Waals surface area contributed by atoms with Gasteiger partial charge in [0.25, 0.3) is 0 Å². The molecule has 0 fully saturated rings. The number of carboxylic acid groups (broad SMARTS) is 1. The number of carbonyl (C=O) groups is 4. The van der Waals surface area contributed by atoms with Gasteiger partial charge in [0.15, 0.2) is 0 Å². The second-order valence-corrected chi connectivity index (χ2v) is 11.3. The van der Waals surface area contributed by atoms with Crippen molar-refractivity contribution in [2.75, 3.05) is 13.2 Å². The highest BCUT2D eigenvalue weighted by atomic mass is 16.5. The fraction of sp³-hybridized carbons (Fsp3) is 0.765. The molecular weight excluding hydrogens is 548 g/mol. The van der Waals surface area contributed by atoms with E-state index in [2.05, 4.69) is 42.7 Å². The third-order valence-electron chi connectivity index (χ3n) is 7.19. The standard InChI is InChI=1S/C34H60N2O7/c1-3-5-7-9-11-12-14-16-22-26-33(40)43-29(23-19-15-13-10-8-6-4-2)24-20-17-18-21-25-31(38)35-27-32(39)36-30(28-37)34(41)42/h10,13,19,23,29-30,37H,3-9,11-12,14-18,20-22,24-28H2,1-2H3,(H,35,38)(H,36,39)(H,41,42)/b13-10-,23-19-. The maximum Gasteiger partial charge on any atom is 0.328 e. The van der Waals surface area contributed by atoms with E-state index in [-0.39, 0.29) is 30.9 Å². The van der Waals surface area contributed by atoms with E-state index in [0.717, 1.165) is 51.4 Å². The van der Waals surface area contributed by atoms with Gasteiger partial charge in [-0.25, -0.2) is 4.79 Å². The summed E-state index contributed by atoms with van der Waals surface area (Å²) < 4.78 is 5.81. The van der Waals surface area contributed by atoms with Gasteiger partial charge in [-0.1, -0.05) is 109 Å². The Hall–Kier alpha value is -2.68. The first kappa shape index (κ1) is 40.3. The number of aliphatic hydroxyl groups excluding tert-OH is 1. The van der Waals surface area contributed by atoms with Crippen molar-refractivity contribution in [1.82, 2.24) is 10.6 Å². The Labute approximate surface area is 260 Å². The number of esters is 1. The van der Waals surface area contributed by atoms with Crippen LogP contribution in [0.15, 0.2) is 24.3 Å². The summed E-state index contributed by atoms with van der Waals surface area (Å²) in [6.07, 6.45) is 28.0. The molecule has 0 aromatic carbocycles. The maximum absolute atomic E-state index is 12.5. The number of hydrogen-bond donors (Lipinski definition) is 4. The van der Waals surface area contributed by atoms with E-state index in [0.29, 0.717) is 12.8 Å². The van der Waals surface area contributed by atoms with E-state index in [1.807, 2.05) is 6.08 Å². The quantitative estimate of drug-likeness (QED) is 0.0430. The van der Waals surface area contributed by atoms with Gasteiger partial charge in [0.1, 0.15) is 12.1 Å². The van der Waals surface area contributed by atoms with Gasteiger partial charge in [-0.2, -0.15) is 0 Å². The molecule has 43 heavy (non-hydrogen) atoms. The molecule has 0 heterocycles. The number of hydrogen-bond acceptors (Lipinski definition) is 6. The topological polar surface area (TPSA) is 142 Å². The Bertz CT molecular complexity index is 798. The van der Waals surface area contributed by atoms with Crippen LogP contribution < -0.4 is 10.6 Å². The highest BCUT2D eigenvalue weighted by Crippen LogP contribution is 2.14. The molecule has 0 spiro atoms. The van der Waals surface area contributed by atoms with Crippen molar-refractivity contribution in [3.8, 4) is 0 Å². The lowest BCUT2D eigenvalue weighted by atomic mass is 10.1. The Balaban J connectivity index is 4.34. The molecule has 4 N–H and O–H groups in total. The van der Waals surface area contributed by atoms with Crippen molar-refractivity contribution in [3.05, 3.63) is 24.3 Å². The zero-order chi connectivity index (χ0) is 32.0. The van der Waals surface area contributed by atoms with Gasteiger partial charge in [-0.05, 0) is 44.6 Å². The lowest BCUT2D eigenvalue weighted by Crippen LogP contribution is -2.47. The molecule has 2 amide bonds. The van der Waals surface area contributed by atoms with Crippen LogP contribution in [-0.2, 0) is 23.9 Å². The number of aliphatic hydroxyl groups is 1. The SMILES string of the molecule is CCCC/C=C\C/C=C\C(CCCCCCC(=O)NCC(=O)NC(CO)C(=O)O)OC(=O)CCCCCCCCCCC. The molecule has 248 valence electrons. The van der Waals surface area contributed by atoms with Crippen molar-refractivity contribution in [2.24, 2.45) is 0 Å². The van der Waals surface area contributed by atoms with Gasteiger partial charge in [-0.3, -0.25) is 14.4 Å². The summed E-state index contributed by atoms with van der Waals surface area (Å²) in [6, 6.07) is -1.39. The van der Waals surface area contributed by atoms with Crippen molar-refractivity contribution in [2.45, 2.75) is 154 Å². The fourth-order valence-electron chi connectivity index (χ4n) is 4.53. The second kappa shape index (κ2) is 29.4. The second-order valence-electron chi connectivity index (χ2n) is 11.3. The first-order valence-electron chi connectivity index (χ1n) is 16.7. The minimum absolute atomic E-state index is 0.134. The van der Waals surface area contributed by atoms with Crippen LogP contribution in [-0.4, -0.2) is 59.3 Å². The molecule has 9 nitrogen and oxygen atoms in total. The van der Waals surface area contributed by atoms with Crippen molar-refractivity contribution in [3.63, 3.8) is 0 Å². The van der Waals surface area contributed by atoms with Gasteiger partial charge in [0.05, 0.1) is 13.2 Å². The summed E-state index contributed by atoms with van der Waals surface area (Å²) in [5, 5.41) is 22.4. The van der Waals surface area contributed by atoms with E-state index in [1.165, 1.54) is 57.8 Å². The first-order chi connectivity index (χ1) is 20.8. The number of nitrogens with one attached hydrogen (secondary N) is 2. The molecule has 0 radical (unpaired) electrons.